The molecule has 0 saturated carbocycles. The molecule has 0 bridgehead atoms. The molecule has 7 nitrogen and oxygen atoms in total. The van der Waals surface area contributed by atoms with Crippen molar-refractivity contribution >= 4 is 29.9 Å². The van der Waals surface area contributed by atoms with Gasteiger partial charge in [-0.2, -0.15) is 8.78 Å². The Morgan fingerprint density at radius 2 is 2.00 bits per heavy atom. The van der Waals surface area contributed by atoms with Crippen molar-refractivity contribution in [2.75, 3.05) is 7.05 Å². The molecule has 132 valence electrons. The zero-order valence-electron chi connectivity index (χ0n) is 13.2. The van der Waals surface area contributed by atoms with Crippen LogP contribution in [-0.2, 0) is 20.1 Å². The maximum atomic E-state index is 12.4. The van der Waals surface area contributed by atoms with Crippen molar-refractivity contribution in [3.8, 4) is 5.75 Å². The minimum atomic E-state index is -2.86. The van der Waals surface area contributed by atoms with Crippen LogP contribution >= 0.6 is 24.0 Å². The maximum absolute atomic E-state index is 12.4. The van der Waals surface area contributed by atoms with Gasteiger partial charge in [-0.15, -0.1) is 34.2 Å². The molecule has 0 fully saturated rings. The quantitative estimate of drug-likeness (QED) is 0.398. The van der Waals surface area contributed by atoms with E-state index in [9.17, 15) is 8.78 Å². The third-order valence-corrected chi connectivity index (χ3v) is 3.08. The van der Waals surface area contributed by atoms with Crippen LogP contribution < -0.4 is 15.4 Å². The Hall–Kier alpha value is -1.98. The first-order chi connectivity index (χ1) is 11.1. The van der Waals surface area contributed by atoms with Crippen molar-refractivity contribution in [2.45, 2.75) is 19.7 Å². The number of aryl methyl sites for hydroxylation is 1. The van der Waals surface area contributed by atoms with E-state index in [1.165, 1.54) is 6.07 Å². The Labute approximate surface area is 155 Å². The topological polar surface area (TPSA) is 76.4 Å². The van der Waals surface area contributed by atoms with Crippen molar-refractivity contribution in [1.82, 2.24) is 25.4 Å². The summed E-state index contributed by atoms with van der Waals surface area (Å²) in [5, 5.41) is 13.8. The number of benzene rings is 1. The van der Waals surface area contributed by atoms with E-state index in [0.717, 1.165) is 5.82 Å². The number of aromatic nitrogens is 3. The van der Waals surface area contributed by atoms with Gasteiger partial charge < -0.3 is 19.9 Å². The average molecular weight is 452 g/mol. The van der Waals surface area contributed by atoms with Crippen LogP contribution in [0.15, 0.2) is 35.6 Å². The molecule has 0 aliphatic heterocycles. The lowest BCUT2D eigenvalue weighted by molar-refractivity contribution is -0.0504. The number of guanidine groups is 1. The fourth-order valence-electron chi connectivity index (χ4n) is 1.89. The molecule has 2 N–H and O–H groups in total. The number of halogens is 3. The second-order valence-electron chi connectivity index (χ2n) is 4.62. The van der Waals surface area contributed by atoms with Gasteiger partial charge in [0.15, 0.2) is 11.8 Å². The molecule has 1 heterocycles. The van der Waals surface area contributed by atoms with Crippen LogP contribution in [0.25, 0.3) is 0 Å². The van der Waals surface area contributed by atoms with E-state index < -0.39 is 6.61 Å². The zero-order valence-corrected chi connectivity index (χ0v) is 15.6. The number of para-hydroxylation sites is 1. The number of nitrogens with zero attached hydrogens (tertiary/aromatic N) is 4. The summed E-state index contributed by atoms with van der Waals surface area (Å²) < 4.78 is 31.0. The molecule has 0 amide bonds. The van der Waals surface area contributed by atoms with Crippen molar-refractivity contribution < 1.29 is 13.5 Å². The first-order valence-corrected chi connectivity index (χ1v) is 6.90. The molecule has 2 aromatic rings. The minimum absolute atomic E-state index is 0. The van der Waals surface area contributed by atoms with Gasteiger partial charge in [-0.3, -0.25) is 4.99 Å². The second kappa shape index (κ2) is 10.0. The summed E-state index contributed by atoms with van der Waals surface area (Å²) in [7, 11) is 3.46. The smallest absolute Gasteiger partial charge is 0.387 e. The SMILES string of the molecule is CN=C(NCc1ccccc1OC(F)F)NCc1nncn1C.I. The third-order valence-electron chi connectivity index (χ3n) is 3.08. The van der Waals surface area contributed by atoms with E-state index in [0.29, 0.717) is 24.6 Å². The van der Waals surface area contributed by atoms with E-state index in [4.69, 9.17) is 0 Å². The highest BCUT2D eigenvalue weighted by molar-refractivity contribution is 14.0. The van der Waals surface area contributed by atoms with Crippen molar-refractivity contribution in [3.05, 3.63) is 42.0 Å². The number of hydrogen-bond acceptors (Lipinski definition) is 4. The van der Waals surface area contributed by atoms with Gasteiger partial charge in [-0.25, -0.2) is 0 Å². The normalized spacial score (nSPS) is 11.1. The molecule has 0 saturated heterocycles. The lowest BCUT2D eigenvalue weighted by Crippen LogP contribution is -2.37. The zero-order chi connectivity index (χ0) is 16.7. The summed E-state index contributed by atoms with van der Waals surface area (Å²) in [4.78, 5) is 4.07. The number of nitrogens with one attached hydrogen (secondary N) is 2. The lowest BCUT2D eigenvalue weighted by atomic mass is 10.2. The van der Waals surface area contributed by atoms with Gasteiger partial charge in [0.1, 0.15) is 12.1 Å². The highest BCUT2D eigenvalue weighted by Gasteiger charge is 2.09. The third kappa shape index (κ3) is 5.91. The van der Waals surface area contributed by atoms with Gasteiger partial charge in [-0.05, 0) is 6.07 Å². The summed E-state index contributed by atoms with van der Waals surface area (Å²) in [6, 6.07) is 6.60. The Bertz CT molecular complexity index is 664. The second-order valence-corrected chi connectivity index (χ2v) is 4.62. The van der Waals surface area contributed by atoms with Gasteiger partial charge in [0, 0.05) is 26.2 Å². The first-order valence-electron chi connectivity index (χ1n) is 6.90. The average Bonchev–Trinajstić information content (AvgIpc) is 2.93. The molecule has 0 aliphatic rings. The Kier molecular flexibility index (Phi) is 8.36. The van der Waals surface area contributed by atoms with Crippen LogP contribution in [0.4, 0.5) is 8.78 Å². The van der Waals surface area contributed by atoms with Crippen LogP contribution in [-0.4, -0.2) is 34.4 Å². The number of aliphatic imine (C=N–C) groups is 1. The van der Waals surface area contributed by atoms with Crippen molar-refractivity contribution in [1.29, 1.82) is 0 Å². The fraction of sp³-hybridized carbons (Fsp3) is 0.357. The molecule has 1 aromatic carbocycles. The van der Waals surface area contributed by atoms with E-state index >= 15 is 0 Å². The fourth-order valence-corrected chi connectivity index (χ4v) is 1.89. The molecular weight excluding hydrogens is 433 g/mol. The van der Waals surface area contributed by atoms with E-state index in [1.807, 2.05) is 7.05 Å². The molecule has 0 aliphatic carbocycles. The van der Waals surface area contributed by atoms with Crippen LogP contribution in [0.2, 0.25) is 0 Å². The molecule has 0 spiro atoms. The first kappa shape index (κ1) is 20.1. The van der Waals surface area contributed by atoms with E-state index in [1.54, 1.807) is 36.1 Å². The van der Waals surface area contributed by atoms with Gasteiger partial charge in [0.05, 0.1) is 6.54 Å². The molecule has 0 unspecified atom stereocenters. The Morgan fingerprint density at radius 1 is 1.29 bits per heavy atom. The minimum Gasteiger partial charge on any atom is -0.434 e. The molecule has 2 rings (SSSR count). The van der Waals surface area contributed by atoms with Crippen LogP contribution in [0.3, 0.4) is 0 Å². The summed E-state index contributed by atoms with van der Waals surface area (Å²) in [5.41, 5.74) is 0.606. The van der Waals surface area contributed by atoms with Gasteiger partial charge in [-0.1, -0.05) is 18.2 Å². The predicted octanol–water partition coefficient (Wildman–Crippen LogP) is 1.90. The highest BCUT2D eigenvalue weighted by atomic mass is 127. The van der Waals surface area contributed by atoms with E-state index in [2.05, 4.69) is 30.6 Å². The summed E-state index contributed by atoms with van der Waals surface area (Å²) in [6.07, 6.45) is 1.60. The number of alkyl halides is 2. The summed E-state index contributed by atoms with van der Waals surface area (Å²) in [6.45, 7) is -2.13. The molecule has 0 atom stereocenters. The van der Waals surface area contributed by atoms with Gasteiger partial charge >= 0.3 is 6.61 Å². The molecule has 24 heavy (non-hydrogen) atoms. The van der Waals surface area contributed by atoms with Crippen molar-refractivity contribution in [2.24, 2.45) is 12.0 Å². The van der Waals surface area contributed by atoms with Crippen LogP contribution in [0, 0.1) is 0 Å². The number of rotatable bonds is 6. The molecule has 10 heteroatoms. The van der Waals surface area contributed by atoms with Crippen LogP contribution in [0.5, 0.6) is 5.75 Å². The van der Waals surface area contributed by atoms with Crippen LogP contribution in [0.1, 0.15) is 11.4 Å². The largest absolute Gasteiger partial charge is 0.434 e. The Morgan fingerprint density at radius 3 is 2.62 bits per heavy atom. The maximum Gasteiger partial charge on any atom is 0.387 e. The standard InChI is InChI=1S/C14H18F2N6O.HI/c1-17-14(19-8-12-21-20-9-22(12)2)18-7-10-5-3-4-6-11(10)23-13(15)16;/h3-6,9,13H,7-8H2,1-2H3,(H2,17,18,19);1H. The highest BCUT2D eigenvalue weighted by Crippen LogP contribution is 2.19. The molecular formula is C14H19F2IN6O. The monoisotopic (exact) mass is 452 g/mol. The lowest BCUT2D eigenvalue weighted by Gasteiger charge is -2.14. The Balaban J connectivity index is 0.00000288. The number of hydrogen-bond donors (Lipinski definition) is 2. The van der Waals surface area contributed by atoms with Crippen molar-refractivity contribution in [3.63, 3.8) is 0 Å². The summed E-state index contributed by atoms with van der Waals surface area (Å²) >= 11 is 0. The molecule has 0 radical (unpaired) electrons. The van der Waals surface area contributed by atoms with E-state index in [-0.39, 0.29) is 29.7 Å². The summed E-state index contributed by atoms with van der Waals surface area (Å²) in [5.74, 6) is 1.40. The predicted molar refractivity (Wildman–Crippen MR) is 96.5 cm³/mol. The van der Waals surface area contributed by atoms with Gasteiger partial charge in [0.25, 0.3) is 0 Å². The van der Waals surface area contributed by atoms with Gasteiger partial charge in [0.2, 0.25) is 0 Å². The number of ether oxygens (including phenoxy) is 1. The molecule has 1 aromatic heterocycles.